The van der Waals surface area contributed by atoms with Crippen LogP contribution in [0.15, 0.2) is 24.3 Å². The van der Waals surface area contributed by atoms with Crippen LogP contribution in [0, 0.1) is 5.41 Å². The zero-order valence-corrected chi connectivity index (χ0v) is 13.0. The molecular formula is C16H21NO5. The molecule has 6 nitrogen and oxygen atoms in total. The molecule has 1 fully saturated rings. The third-order valence-corrected chi connectivity index (χ3v) is 3.78. The summed E-state index contributed by atoms with van der Waals surface area (Å²) in [7, 11) is 0. The van der Waals surface area contributed by atoms with Crippen molar-refractivity contribution in [2.75, 3.05) is 24.7 Å². The number of benzene rings is 1. The van der Waals surface area contributed by atoms with Gasteiger partial charge in [-0.15, -0.1) is 0 Å². The molecule has 1 saturated heterocycles. The lowest BCUT2D eigenvalue weighted by Gasteiger charge is -2.21. The highest BCUT2D eigenvalue weighted by atomic mass is 16.6. The Morgan fingerprint density at radius 1 is 1.41 bits per heavy atom. The number of hydrogen-bond donors (Lipinski definition) is 1. The van der Waals surface area contributed by atoms with E-state index in [9.17, 15) is 9.59 Å². The maximum Gasteiger partial charge on any atom is 0.414 e. The molecule has 1 aliphatic heterocycles. The highest BCUT2D eigenvalue weighted by Gasteiger charge is 2.31. The molecule has 0 aliphatic carbocycles. The van der Waals surface area contributed by atoms with Crippen LogP contribution in [0.5, 0.6) is 5.75 Å². The summed E-state index contributed by atoms with van der Waals surface area (Å²) in [4.78, 5) is 24.6. The Bertz CT molecular complexity index is 552. The Morgan fingerprint density at radius 2 is 2.05 bits per heavy atom. The number of aliphatic hydroxyl groups excluding tert-OH is 1. The number of amides is 1. The predicted octanol–water partition coefficient (Wildman–Crippen LogP) is 2.00. The molecule has 1 atom stereocenters. The molecule has 120 valence electrons. The van der Waals surface area contributed by atoms with Crippen molar-refractivity contribution in [3.8, 4) is 5.75 Å². The van der Waals surface area contributed by atoms with Gasteiger partial charge in [-0.1, -0.05) is 0 Å². The second kappa shape index (κ2) is 6.36. The van der Waals surface area contributed by atoms with Crippen LogP contribution in [0.25, 0.3) is 0 Å². The van der Waals surface area contributed by atoms with Crippen molar-refractivity contribution in [3.63, 3.8) is 0 Å². The standard InChI is InChI=1S/C16H21NO5/c1-11(19)16(2,3)10-21-13-6-4-12(5-7-13)17-8-14(9-18)22-15(17)20/h4-7,14,18H,8-10H2,1-3H3. The van der Waals surface area contributed by atoms with Crippen LogP contribution >= 0.6 is 0 Å². The van der Waals surface area contributed by atoms with E-state index in [0.717, 1.165) is 0 Å². The molecule has 1 N–H and O–H groups in total. The zero-order valence-electron chi connectivity index (χ0n) is 13.0. The first kappa shape index (κ1) is 16.3. The number of carbonyl (C=O) groups is 2. The topological polar surface area (TPSA) is 76.1 Å². The van der Waals surface area contributed by atoms with Gasteiger partial charge in [0, 0.05) is 5.69 Å². The molecule has 0 aromatic heterocycles. The predicted molar refractivity (Wildman–Crippen MR) is 81.1 cm³/mol. The van der Waals surface area contributed by atoms with Gasteiger partial charge in [-0.3, -0.25) is 9.69 Å². The lowest BCUT2D eigenvalue weighted by Crippen LogP contribution is -2.29. The van der Waals surface area contributed by atoms with Crippen LogP contribution in [0.3, 0.4) is 0 Å². The second-order valence-corrected chi connectivity index (χ2v) is 6.02. The Balaban J connectivity index is 1.99. The SMILES string of the molecule is CC(=O)C(C)(C)COc1ccc(N2CC(CO)OC2=O)cc1. The molecule has 2 rings (SSSR count). The van der Waals surface area contributed by atoms with E-state index in [-0.39, 0.29) is 12.4 Å². The molecule has 0 radical (unpaired) electrons. The third-order valence-electron chi connectivity index (χ3n) is 3.78. The summed E-state index contributed by atoms with van der Waals surface area (Å²) < 4.78 is 10.6. The van der Waals surface area contributed by atoms with Gasteiger partial charge < -0.3 is 14.6 Å². The van der Waals surface area contributed by atoms with Crippen LogP contribution in [0.2, 0.25) is 0 Å². The summed E-state index contributed by atoms with van der Waals surface area (Å²) in [5, 5.41) is 9.03. The van der Waals surface area contributed by atoms with Crippen LogP contribution < -0.4 is 9.64 Å². The Morgan fingerprint density at radius 3 is 2.55 bits per heavy atom. The van der Waals surface area contributed by atoms with Gasteiger partial charge in [0.05, 0.1) is 18.6 Å². The molecule has 1 heterocycles. The quantitative estimate of drug-likeness (QED) is 0.870. The number of ketones is 1. The summed E-state index contributed by atoms with van der Waals surface area (Å²) in [6.07, 6.45) is -0.953. The summed E-state index contributed by atoms with van der Waals surface area (Å²) in [5.41, 5.74) is 0.144. The van der Waals surface area contributed by atoms with Crippen molar-refractivity contribution in [3.05, 3.63) is 24.3 Å². The monoisotopic (exact) mass is 307 g/mol. The smallest absolute Gasteiger partial charge is 0.414 e. The molecule has 0 saturated carbocycles. The van der Waals surface area contributed by atoms with E-state index < -0.39 is 17.6 Å². The molecular weight excluding hydrogens is 286 g/mol. The fourth-order valence-electron chi connectivity index (χ4n) is 1.92. The average molecular weight is 307 g/mol. The molecule has 1 aromatic carbocycles. The maximum absolute atomic E-state index is 11.7. The molecule has 0 bridgehead atoms. The number of nitrogens with zero attached hydrogens (tertiary/aromatic N) is 1. The van der Waals surface area contributed by atoms with Gasteiger partial charge in [0.15, 0.2) is 0 Å². The normalized spacial score (nSPS) is 18.3. The first-order valence-corrected chi connectivity index (χ1v) is 7.16. The van der Waals surface area contributed by atoms with Crippen LogP contribution in [-0.2, 0) is 9.53 Å². The lowest BCUT2D eigenvalue weighted by molar-refractivity contribution is -0.126. The van der Waals surface area contributed by atoms with Crippen LogP contribution in [-0.4, -0.2) is 42.8 Å². The number of hydrogen-bond acceptors (Lipinski definition) is 5. The zero-order chi connectivity index (χ0) is 16.3. The highest BCUT2D eigenvalue weighted by molar-refractivity contribution is 5.89. The van der Waals surface area contributed by atoms with Crippen molar-refractivity contribution < 1.29 is 24.2 Å². The number of aliphatic hydroxyl groups is 1. The van der Waals surface area contributed by atoms with E-state index in [1.165, 1.54) is 4.90 Å². The van der Waals surface area contributed by atoms with E-state index in [0.29, 0.717) is 24.6 Å². The Labute approximate surface area is 129 Å². The minimum atomic E-state index is -0.536. The molecule has 1 aromatic rings. The molecule has 1 aliphatic rings. The van der Waals surface area contributed by atoms with Crippen molar-refractivity contribution in [2.45, 2.75) is 26.9 Å². The van der Waals surface area contributed by atoms with E-state index in [1.807, 2.05) is 13.8 Å². The summed E-state index contributed by atoms with van der Waals surface area (Å²) in [5.74, 6) is 0.698. The number of cyclic esters (lactones) is 1. The second-order valence-electron chi connectivity index (χ2n) is 6.02. The van der Waals surface area contributed by atoms with Crippen molar-refractivity contribution >= 4 is 17.6 Å². The molecule has 6 heteroatoms. The number of rotatable bonds is 6. The van der Waals surface area contributed by atoms with Crippen LogP contribution in [0.4, 0.5) is 10.5 Å². The van der Waals surface area contributed by atoms with Gasteiger partial charge >= 0.3 is 6.09 Å². The van der Waals surface area contributed by atoms with Gasteiger partial charge in [0.1, 0.15) is 24.2 Å². The van der Waals surface area contributed by atoms with Gasteiger partial charge in [0.25, 0.3) is 0 Å². The Hall–Kier alpha value is -2.08. The summed E-state index contributed by atoms with van der Waals surface area (Å²) >= 11 is 0. The van der Waals surface area contributed by atoms with Gasteiger partial charge in [-0.25, -0.2) is 4.79 Å². The fourth-order valence-corrected chi connectivity index (χ4v) is 1.92. The van der Waals surface area contributed by atoms with E-state index in [4.69, 9.17) is 14.6 Å². The van der Waals surface area contributed by atoms with Crippen molar-refractivity contribution in [1.82, 2.24) is 0 Å². The molecule has 0 spiro atoms. The summed E-state index contributed by atoms with van der Waals surface area (Å²) in [6.45, 7) is 5.64. The third kappa shape index (κ3) is 3.57. The average Bonchev–Trinajstić information content (AvgIpc) is 2.87. The molecule has 1 amide bonds. The number of Topliss-reactive ketones (excluding diaryl/α,β-unsaturated/α-hetero) is 1. The number of ether oxygens (including phenoxy) is 2. The van der Waals surface area contributed by atoms with Gasteiger partial charge in [-0.05, 0) is 45.0 Å². The minimum Gasteiger partial charge on any atom is -0.493 e. The van der Waals surface area contributed by atoms with E-state index in [2.05, 4.69) is 0 Å². The van der Waals surface area contributed by atoms with E-state index >= 15 is 0 Å². The Kier molecular flexibility index (Phi) is 4.71. The first-order valence-electron chi connectivity index (χ1n) is 7.16. The molecule has 22 heavy (non-hydrogen) atoms. The minimum absolute atomic E-state index is 0.0685. The molecule has 1 unspecified atom stereocenters. The largest absolute Gasteiger partial charge is 0.493 e. The number of carbonyl (C=O) groups excluding carboxylic acids is 2. The fraction of sp³-hybridized carbons (Fsp3) is 0.500. The highest BCUT2D eigenvalue weighted by Crippen LogP contribution is 2.25. The maximum atomic E-state index is 11.7. The summed E-state index contributed by atoms with van der Waals surface area (Å²) in [6, 6.07) is 6.98. The number of anilines is 1. The van der Waals surface area contributed by atoms with E-state index in [1.54, 1.807) is 31.2 Å². The van der Waals surface area contributed by atoms with Gasteiger partial charge in [0.2, 0.25) is 0 Å². The first-order chi connectivity index (χ1) is 10.3. The lowest BCUT2D eigenvalue weighted by atomic mass is 9.90. The van der Waals surface area contributed by atoms with Gasteiger partial charge in [-0.2, -0.15) is 0 Å². The van der Waals surface area contributed by atoms with Crippen molar-refractivity contribution in [1.29, 1.82) is 0 Å². The van der Waals surface area contributed by atoms with Crippen LogP contribution in [0.1, 0.15) is 20.8 Å². The van der Waals surface area contributed by atoms with Crippen molar-refractivity contribution in [2.24, 2.45) is 5.41 Å².